The van der Waals surface area contributed by atoms with Gasteiger partial charge in [0.1, 0.15) is 18.1 Å². The fourth-order valence-corrected chi connectivity index (χ4v) is 3.48. The van der Waals surface area contributed by atoms with Gasteiger partial charge < -0.3 is 4.74 Å². The standard InChI is InChI=1S/C29H24F2N4O2/c1-20(30)13-25(31)14-21(2)35-12-11-28(36)27(34-35)16-23-9-6-10-24(15-23)29-32-17-26(18-33-29)37-19-22-7-4-3-5-8-22/h3-15,17-18H,2,16,19H2,1H3. The highest BCUT2D eigenvalue weighted by molar-refractivity contribution is 5.57. The molecule has 4 aromatic rings. The summed E-state index contributed by atoms with van der Waals surface area (Å²) in [7, 11) is 0. The second-order valence-electron chi connectivity index (χ2n) is 8.22. The summed E-state index contributed by atoms with van der Waals surface area (Å²) >= 11 is 0. The van der Waals surface area contributed by atoms with Gasteiger partial charge >= 0.3 is 0 Å². The topological polar surface area (TPSA) is 69.9 Å². The van der Waals surface area contributed by atoms with Gasteiger partial charge in [-0.25, -0.2) is 23.4 Å². The Kier molecular flexibility index (Phi) is 8.10. The number of halogens is 2. The normalized spacial score (nSPS) is 11.9. The van der Waals surface area contributed by atoms with Crippen molar-refractivity contribution in [3.05, 3.63) is 137 Å². The smallest absolute Gasteiger partial charge is 0.203 e. The summed E-state index contributed by atoms with van der Waals surface area (Å²) < 4.78 is 33.8. The molecule has 0 fully saturated rings. The minimum atomic E-state index is -0.809. The number of ether oxygens (including phenoxy) is 1. The van der Waals surface area contributed by atoms with E-state index in [2.05, 4.69) is 21.6 Å². The lowest BCUT2D eigenvalue weighted by molar-refractivity contribution is 0.303. The number of allylic oxidation sites excluding steroid dienone is 5. The van der Waals surface area contributed by atoms with Gasteiger partial charge in [0.2, 0.25) is 5.43 Å². The first-order valence-electron chi connectivity index (χ1n) is 11.4. The SMILES string of the molecule is C=C(C=C(F)C=C(C)F)n1ccc(=O)c(Cc2cccc(-c3ncc(OCc4ccccc4)cn3)c2)n1. The van der Waals surface area contributed by atoms with Crippen molar-refractivity contribution >= 4 is 5.70 Å². The minimum Gasteiger partial charge on any atom is -0.486 e. The lowest BCUT2D eigenvalue weighted by Crippen LogP contribution is -2.16. The van der Waals surface area contributed by atoms with Crippen LogP contribution in [0.2, 0.25) is 0 Å². The van der Waals surface area contributed by atoms with E-state index in [-0.39, 0.29) is 23.2 Å². The van der Waals surface area contributed by atoms with Crippen molar-refractivity contribution in [3.8, 4) is 17.1 Å². The van der Waals surface area contributed by atoms with Gasteiger partial charge in [-0.1, -0.05) is 55.1 Å². The molecule has 0 spiro atoms. The van der Waals surface area contributed by atoms with E-state index in [4.69, 9.17) is 4.74 Å². The van der Waals surface area contributed by atoms with Gasteiger partial charge in [-0.2, -0.15) is 5.10 Å². The van der Waals surface area contributed by atoms with E-state index in [1.165, 1.54) is 16.9 Å². The molecule has 2 aromatic heterocycles. The molecule has 0 saturated carbocycles. The van der Waals surface area contributed by atoms with E-state index >= 15 is 0 Å². The Balaban J connectivity index is 1.48. The first kappa shape index (κ1) is 25.4. The van der Waals surface area contributed by atoms with Gasteiger partial charge in [-0.05, 0) is 30.2 Å². The maximum absolute atomic E-state index is 13.8. The van der Waals surface area contributed by atoms with Crippen molar-refractivity contribution in [2.24, 2.45) is 0 Å². The zero-order valence-electron chi connectivity index (χ0n) is 20.1. The molecular formula is C29H24F2N4O2. The average molecular weight is 499 g/mol. The van der Waals surface area contributed by atoms with Crippen molar-refractivity contribution in [1.29, 1.82) is 0 Å². The third kappa shape index (κ3) is 7.14. The number of aromatic nitrogens is 4. The molecule has 6 nitrogen and oxygen atoms in total. The van der Waals surface area contributed by atoms with E-state index in [0.717, 1.165) is 35.8 Å². The summed E-state index contributed by atoms with van der Waals surface area (Å²) in [6.07, 6.45) is 6.63. The molecule has 0 aliphatic rings. The fraction of sp³-hybridized carbons (Fsp3) is 0.103. The predicted octanol–water partition coefficient (Wildman–Crippen LogP) is 6.07. The molecule has 37 heavy (non-hydrogen) atoms. The molecule has 186 valence electrons. The number of nitrogens with zero attached hydrogens (tertiary/aromatic N) is 4. The molecule has 0 aliphatic carbocycles. The quantitative estimate of drug-likeness (QED) is 0.262. The van der Waals surface area contributed by atoms with Crippen LogP contribution in [0.4, 0.5) is 8.78 Å². The molecule has 0 aliphatic heterocycles. The zero-order chi connectivity index (χ0) is 26.2. The van der Waals surface area contributed by atoms with Crippen LogP contribution in [-0.2, 0) is 13.0 Å². The van der Waals surface area contributed by atoms with Gasteiger partial charge in [0, 0.05) is 30.3 Å². The Morgan fingerprint density at radius 3 is 2.46 bits per heavy atom. The Morgan fingerprint density at radius 2 is 1.73 bits per heavy atom. The van der Waals surface area contributed by atoms with E-state index in [0.29, 0.717) is 18.2 Å². The summed E-state index contributed by atoms with van der Waals surface area (Å²) in [5, 5.41) is 4.29. The molecule has 2 heterocycles. The van der Waals surface area contributed by atoms with Crippen molar-refractivity contribution in [3.63, 3.8) is 0 Å². The largest absolute Gasteiger partial charge is 0.486 e. The Bertz CT molecular complexity index is 1510. The highest BCUT2D eigenvalue weighted by Crippen LogP contribution is 2.20. The molecule has 0 saturated heterocycles. The first-order valence-corrected chi connectivity index (χ1v) is 11.4. The molecular weight excluding hydrogens is 474 g/mol. The summed E-state index contributed by atoms with van der Waals surface area (Å²) in [6, 6.07) is 18.6. The fourth-order valence-electron chi connectivity index (χ4n) is 3.48. The van der Waals surface area contributed by atoms with Crippen molar-refractivity contribution in [1.82, 2.24) is 19.7 Å². The van der Waals surface area contributed by atoms with Crippen LogP contribution in [0.15, 0.2) is 114 Å². The minimum absolute atomic E-state index is 0.146. The summed E-state index contributed by atoms with van der Waals surface area (Å²) in [6.45, 7) is 5.30. The highest BCUT2D eigenvalue weighted by atomic mass is 19.1. The van der Waals surface area contributed by atoms with Crippen LogP contribution in [-0.4, -0.2) is 19.7 Å². The molecule has 4 rings (SSSR count). The van der Waals surface area contributed by atoms with Gasteiger partial charge in [0.15, 0.2) is 11.6 Å². The zero-order valence-corrected chi connectivity index (χ0v) is 20.1. The van der Waals surface area contributed by atoms with Gasteiger partial charge in [-0.3, -0.25) is 4.79 Å². The number of hydrogen-bond donors (Lipinski definition) is 0. The van der Waals surface area contributed by atoms with E-state index in [1.54, 1.807) is 12.4 Å². The Morgan fingerprint density at radius 1 is 1.00 bits per heavy atom. The second kappa shape index (κ2) is 11.8. The molecule has 0 radical (unpaired) electrons. The van der Waals surface area contributed by atoms with E-state index in [9.17, 15) is 13.6 Å². The van der Waals surface area contributed by atoms with Crippen molar-refractivity contribution in [2.75, 3.05) is 0 Å². The van der Waals surface area contributed by atoms with Crippen LogP contribution in [0, 0.1) is 0 Å². The van der Waals surface area contributed by atoms with Crippen LogP contribution in [0.25, 0.3) is 17.1 Å². The number of hydrogen-bond acceptors (Lipinski definition) is 5. The van der Waals surface area contributed by atoms with Crippen molar-refractivity contribution < 1.29 is 13.5 Å². The number of benzene rings is 2. The van der Waals surface area contributed by atoms with Crippen LogP contribution in [0.3, 0.4) is 0 Å². The predicted molar refractivity (Wildman–Crippen MR) is 139 cm³/mol. The van der Waals surface area contributed by atoms with Gasteiger partial charge in [0.05, 0.1) is 23.9 Å². The van der Waals surface area contributed by atoms with E-state index < -0.39 is 11.7 Å². The summed E-state index contributed by atoms with van der Waals surface area (Å²) in [4.78, 5) is 21.2. The maximum atomic E-state index is 13.8. The maximum Gasteiger partial charge on any atom is 0.203 e. The molecule has 0 N–H and O–H groups in total. The van der Waals surface area contributed by atoms with Crippen LogP contribution in [0.5, 0.6) is 5.75 Å². The number of rotatable bonds is 9. The van der Waals surface area contributed by atoms with Gasteiger partial charge in [-0.15, -0.1) is 0 Å². The van der Waals surface area contributed by atoms with Crippen LogP contribution in [0.1, 0.15) is 23.7 Å². The van der Waals surface area contributed by atoms with Crippen LogP contribution >= 0.6 is 0 Å². The lowest BCUT2D eigenvalue weighted by atomic mass is 10.1. The monoisotopic (exact) mass is 498 g/mol. The lowest BCUT2D eigenvalue weighted by Gasteiger charge is -2.09. The molecule has 0 amide bonds. The third-order valence-corrected chi connectivity index (χ3v) is 5.25. The third-order valence-electron chi connectivity index (χ3n) is 5.25. The highest BCUT2D eigenvalue weighted by Gasteiger charge is 2.09. The summed E-state index contributed by atoms with van der Waals surface area (Å²) in [5.41, 5.74) is 2.76. The van der Waals surface area contributed by atoms with Crippen LogP contribution < -0.4 is 10.2 Å². The second-order valence-corrected chi connectivity index (χ2v) is 8.22. The molecule has 0 unspecified atom stereocenters. The molecule has 2 aromatic carbocycles. The average Bonchev–Trinajstić information content (AvgIpc) is 2.89. The van der Waals surface area contributed by atoms with Crippen molar-refractivity contribution in [2.45, 2.75) is 20.0 Å². The van der Waals surface area contributed by atoms with Gasteiger partial charge in [0.25, 0.3) is 0 Å². The Labute approximate surface area is 212 Å². The Hall–Kier alpha value is -4.72. The molecule has 8 heteroatoms. The summed E-state index contributed by atoms with van der Waals surface area (Å²) in [5.74, 6) is -0.414. The molecule has 0 bridgehead atoms. The molecule has 0 atom stereocenters. The first-order chi connectivity index (χ1) is 17.9. The van der Waals surface area contributed by atoms with E-state index in [1.807, 2.05) is 54.6 Å².